The Labute approximate surface area is 125 Å². The predicted molar refractivity (Wildman–Crippen MR) is 78.1 cm³/mol. The van der Waals surface area contributed by atoms with Gasteiger partial charge < -0.3 is 14.8 Å². The maximum atomic E-state index is 12.1. The molecule has 1 heterocycles. The third kappa shape index (κ3) is 2.83. The number of nitrogens with zero attached hydrogens (tertiary/aromatic N) is 1. The monoisotopic (exact) mass is 300 g/mol. The molecule has 22 heavy (non-hydrogen) atoms. The quantitative estimate of drug-likeness (QED) is 0.694. The van der Waals surface area contributed by atoms with Crippen LogP contribution in [0.25, 0.3) is 0 Å². The average molecular weight is 300 g/mol. The third-order valence-electron chi connectivity index (χ3n) is 3.15. The van der Waals surface area contributed by atoms with Crippen LogP contribution in [0, 0.1) is 10.1 Å². The maximum Gasteiger partial charge on any atom is 0.269 e. The van der Waals surface area contributed by atoms with Gasteiger partial charge in [-0.15, -0.1) is 0 Å². The van der Waals surface area contributed by atoms with Gasteiger partial charge in [0.1, 0.15) is 6.61 Å². The van der Waals surface area contributed by atoms with E-state index in [2.05, 4.69) is 5.32 Å². The number of carbonyl (C=O) groups is 1. The lowest BCUT2D eigenvalue weighted by Crippen LogP contribution is -2.40. The third-order valence-corrected chi connectivity index (χ3v) is 3.15. The molecule has 0 spiro atoms. The number of non-ortho nitro benzene ring substituents is 1. The van der Waals surface area contributed by atoms with Crippen molar-refractivity contribution in [1.29, 1.82) is 0 Å². The summed E-state index contributed by atoms with van der Waals surface area (Å²) in [7, 11) is 0. The second kappa shape index (κ2) is 5.72. The first kappa shape index (κ1) is 13.9. The van der Waals surface area contributed by atoms with Crippen LogP contribution in [-0.2, 0) is 4.79 Å². The van der Waals surface area contributed by atoms with Crippen LogP contribution in [-0.4, -0.2) is 23.5 Å². The number of fused-ring (bicyclic) bond motifs is 1. The van der Waals surface area contributed by atoms with Gasteiger partial charge in [-0.25, -0.2) is 0 Å². The minimum Gasteiger partial charge on any atom is -0.485 e. The van der Waals surface area contributed by atoms with E-state index in [-0.39, 0.29) is 18.2 Å². The fraction of sp³-hybridized carbons (Fsp3) is 0.133. The average Bonchev–Trinajstić information content (AvgIpc) is 2.55. The SMILES string of the molecule is O=C(Nc1ccc([N+](=O)[O-])cc1)[C@H]1COc2ccccc2O1. The molecule has 0 saturated carbocycles. The Balaban J connectivity index is 1.66. The standard InChI is InChI=1S/C15H12N2O5/c18-15(16-10-5-7-11(8-6-10)17(19)20)14-9-21-12-3-1-2-4-13(12)22-14/h1-8,14H,9H2,(H,16,18)/t14-/m1/s1. The number of anilines is 1. The van der Waals surface area contributed by atoms with Crippen molar-refractivity contribution in [2.75, 3.05) is 11.9 Å². The van der Waals surface area contributed by atoms with E-state index in [1.807, 2.05) is 6.07 Å². The summed E-state index contributed by atoms with van der Waals surface area (Å²) in [5, 5.41) is 13.2. The van der Waals surface area contributed by atoms with Crippen LogP contribution < -0.4 is 14.8 Å². The van der Waals surface area contributed by atoms with E-state index < -0.39 is 11.0 Å². The van der Waals surface area contributed by atoms with Crippen LogP contribution >= 0.6 is 0 Å². The van der Waals surface area contributed by atoms with E-state index in [9.17, 15) is 14.9 Å². The first-order valence-corrected chi connectivity index (χ1v) is 6.57. The summed E-state index contributed by atoms with van der Waals surface area (Å²) in [6.45, 7) is 0.107. The molecule has 1 aliphatic rings. The van der Waals surface area contributed by atoms with Gasteiger partial charge in [-0.1, -0.05) is 12.1 Å². The highest BCUT2D eigenvalue weighted by Crippen LogP contribution is 2.31. The van der Waals surface area contributed by atoms with Crippen molar-refractivity contribution in [2.24, 2.45) is 0 Å². The van der Waals surface area contributed by atoms with Gasteiger partial charge in [0.25, 0.3) is 11.6 Å². The maximum absolute atomic E-state index is 12.1. The minimum atomic E-state index is -0.773. The number of benzene rings is 2. The summed E-state index contributed by atoms with van der Waals surface area (Å²) in [4.78, 5) is 22.2. The number of amides is 1. The van der Waals surface area contributed by atoms with E-state index in [1.165, 1.54) is 24.3 Å². The van der Waals surface area contributed by atoms with Crippen LogP contribution in [0.3, 0.4) is 0 Å². The number of ether oxygens (including phenoxy) is 2. The van der Waals surface area contributed by atoms with Crippen molar-refractivity contribution < 1.29 is 19.2 Å². The number of nitrogens with one attached hydrogen (secondary N) is 1. The summed E-state index contributed by atoms with van der Waals surface area (Å²) in [6, 6.07) is 12.7. The molecule has 2 aromatic rings. The van der Waals surface area contributed by atoms with Gasteiger partial charge in [-0.05, 0) is 24.3 Å². The van der Waals surface area contributed by atoms with Gasteiger partial charge in [0, 0.05) is 17.8 Å². The molecule has 1 N–H and O–H groups in total. The van der Waals surface area contributed by atoms with Crippen LogP contribution in [0.4, 0.5) is 11.4 Å². The molecule has 0 bridgehead atoms. The highest BCUT2D eigenvalue weighted by atomic mass is 16.6. The van der Waals surface area contributed by atoms with E-state index in [0.29, 0.717) is 17.2 Å². The highest BCUT2D eigenvalue weighted by molar-refractivity contribution is 5.94. The van der Waals surface area contributed by atoms with Crippen molar-refractivity contribution in [3.8, 4) is 11.5 Å². The number of hydrogen-bond acceptors (Lipinski definition) is 5. The van der Waals surface area contributed by atoms with Gasteiger partial charge in [0.05, 0.1) is 4.92 Å². The molecular weight excluding hydrogens is 288 g/mol. The minimum absolute atomic E-state index is 0.0378. The molecule has 3 rings (SSSR count). The molecule has 0 radical (unpaired) electrons. The molecule has 7 heteroatoms. The molecule has 0 unspecified atom stereocenters. The Morgan fingerprint density at radius 2 is 1.82 bits per heavy atom. The smallest absolute Gasteiger partial charge is 0.269 e. The highest BCUT2D eigenvalue weighted by Gasteiger charge is 2.27. The molecule has 112 valence electrons. The topological polar surface area (TPSA) is 90.7 Å². The van der Waals surface area contributed by atoms with Gasteiger partial charge in [-0.3, -0.25) is 14.9 Å². The molecule has 1 amide bonds. The Morgan fingerprint density at radius 3 is 2.50 bits per heavy atom. The molecule has 1 atom stereocenters. The lowest BCUT2D eigenvalue weighted by molar-refractivity contribution is -0.384. The fourth-order valence-electron chi connectivity index (χ4n) is 2.04. The fourth-order valence-corrected chi connectivity index (χ4v) is 2.04. The Bertz CT molecular complexity index is 714. The van der Waals surface area contributed by atoms with Gasteiger partial charge in [0.15, 0.2) is 11.5 Å². The first-order valence-electron chi connectivity index (χ1n) is 6.57. The molecule has 1 aliphatic heterocycles. The Morgan fingerprint density at radius 1 is 1.14 bits per heavy atom. The predicted octanol–water partition coefficient (Wildman–Crippen LogP) is 2.37. The van der Waals surface area contributed by atoms with E-state index in [0.717, 1.165) is 0 Å². The van der Waals surface area contributed by atoms with Crippen LogP contribution in [0.15, 0.2) is 48.5 Å². The van der Waals surface area contributed by atoms with Crippen molar-refractivity contribution in [2.45, 2.75) is 6.10 Å². The largest absolute Gasteiger partial charge is 0.485 e. The number of carbonyl (C=O) groups excluding carboxylic acids is 1. The molecule has 0 aromatic heterocycles. The first-order chi connectivity index (χ1) is 10.6. The summed E-state index contributed by atoms with van der Waals surface area (Å²) in [5.41, 5.74) is 0.419. The molecule has 2 aromatic carbocycles. The normalized spacial score (nSPS) is 15.9. The van der Waals surface area contributed by atoms with Crippen LogP contribution in [0.5, 0.6) is 11.5 Å². The molecule has 0 aliphatic carbocycles. The number of nitro groups is 1. The number of nitro benzene ring substituents is 1. The van der Waals surface area contributed by atoms with Crippen molar-refractivity contribution in [3.05, 3.63) is 58.6 Å². The summed E-state index contributed by atoms with van der Waals surface area (Å²) >= 11 is 0. The van der Waals surface area contributed by atoms with E-state index >= 15 is 0 Å². The molecule has 0 fully saturated rings. The zero-order valence-corrected chi connectivity index (χ0v) is 11.4. The number of rotatable bonds is 3. The Hall–Kier alpha value is -3.09. The molecule has 0 saturated heterocycles. The molecule has 7 nitrogen and oxygen atoms in total. The van der Waals surface area contributed by atoms with E-state index in [1.54, 1.807) is 18.2 Å². The van der Waals surface area contributed by atoms with E-state index in [4.69, 9.17) is 9.47 Å². The van der Waals surface area contributed by atoms with Gasteiger partial charge in [-0.2, -0.15) is 0 Å². The second-order valence-corrected chi connectivity index (χ2v) is 4.66. The van der Waals surface area contributed by atoms with Gasteiger partial charge >= 0.3 is 0 Å². The zero-order chi connectivity index (χ0) is 15.5. The van der Waals surface area contributed by atoms with Crippen LogP contribution in [0.2, 0.25) is 0 Å². The summed E-state index contributed by atoms with van der Waals surface area (Å²) in [6.07, 6.45) is -0.773. The lowest BCUT2D eigenvalue weighted by Gasteiger charge is -2.25. The van der Waals surface area contributed by atoms with Gasteiger partial charge in [0.2, 0.25) is 6.10 Å². The number of hydrogen-bond donors (Lipinski definition) is 1. The summed E-state index contributed by atoms with van der Waals surface area (Å²) < 4.78 is 11.1. The van der Waals surface area contributed by atoms with Crippen molar-refractivity contribution in [3.63, 3.8) is 0 Å². The van der Waals surface area contributed by atoms with Crippen molar-refractivity contribution in [1.82, 2.24) is 0 Å². The number of para-hydroxylation sites is 2. The van der Waals surface area contributed by atoms with Crippen molar-refractivity contribution >= 4 is 17.3 Å². The molecular formula is C15H12N2O5. The Kier molecular flexibility index (Phi) is 3.61. The summed E-state index contributed by atoms with van der Waals surface area (Å²) in [5.74, 6) is 0.739. The van der Waals surface area contributed by atoms with Crippen LogP contribution in [0.1, 0.15) is 0 Å². The lowest BCUT2D eigenvalue weighted by atomic mass is 10.2. The zero-order valence-electron chi connectivity index (χ0n) is 11.4. The second-order valence-electron chi connectivity index (χ2n) is 4.66.